The first-order valence-electron chi connectivity index (χ1n) is 11.1. The highest BCUT2D eigenvalue weighted by Gasteiger charge is 2.22. The smallest absolute Gasteiger partial charge is 0.294 e. The predicted octanol–water partition coefficient (Wildman–Crippen LogP) is 5.36. The van der Waals surface area contributed by atoms with Gasteiger partial charge in [-0.3, -0.25) is 4.55 Å². The summed E-state index contributed by atoms with van der Waals surface area (Å²) < 4.78 is 38.9. The molecular weight excluding hydrogens is 426 g/mol. The summed E-state index contributed by atoms with van der Waals surface area (Å²) in [5.41, 5.74) is 4.95. The summed E-state index contributed by atoms with van der Waals surface area (Å²) in [7, 11) is -4.23. The van der Waals surface area contributed by atoms with Crippen molar-refractivity contribution in [3.05, 3.63) is 58.7 Å². The molecule has 0 unspecified atom stereocenters. The summed E-state index contributed by atoms with van der Waals surface area (Å²) in [6.45, 7) is 9.28. The van der Waals surface area contributed by atoms with Crippen molar-refractivity contribution < 1.29 is 22.5 Å². The standard InChI is InChI=1S/C25H33NO5S/c1-5-31-26-23-10-7-19-17-21(8-9-22(19)23)30-15-14-25(3,4)13-12-20-16-18(2)6-11-24(20)32(27,28)29/h6,8-9,11,16-17H,5,7,10,12-15H2,1-4H3,(H,27,28,29)/b26-23+. The maximum atomic E-state index is 11.7. The number of hydrogen-bond donors (Lipinski definition) is 1. The number of ether oxygens (including phenoxy) is 1. The zero-order chi connectivity index (χ0) is 23.4. The molecule has 174 valence electrons. The Labute approximate surface area is 191 Å². The highest BCUT2D eigenvalue weighted by Crippen LogP contribution is 2.31. The quantitative estimate of drug-likeness (QED) is 0.382. The zero-order valence-corrected chi connectivity index (χ0v) is 20.2. The third-order valence-corrected chi connectivity index (χ3v) is 6.89. The minimum atomic E-state index is -4.23. The number of benzene rings is 2. The Bertz CT molecular complexity index is 1090. The van der Waals surface area contributed by atoms with Gasteiger partial charge >= 0.3 is 0 Å². The molecule has 1 aliphatic rings. The van der Waals surface area contributed by atoms with Crippen molar-refractivity contribution in [2.24, 2.45) is 10.6 Å². The topological polar surface area (TPSA) is 85.2 Å². The fourth-order valence-electron chi connectivity index (χ4n) is 3.97. The van der Waals surface area contributed by atoms with E-state index < -0.39 is 10.1 Å². The van der Waals surface area contributed by atoms with Crippen molar-refractivity contribution in [1.82, 2.24) is 0 Å². The molecule has 7 heteroatoms. The molecule has 6 nitrogen and oxygen atoms in total. The van der Waals surface area contributed by atoms with E-state index >= 15 is 0 Å². The number of hydrogen-bond acceptors (Lipinski definition) is 5. The molecule has 3 rings (SSSR count). The van der Waals surface area contributed by atoms with Crippen molar-refractivity contribution in [1.29, 1.82) is 0 Å². The molecule has 32 heavy (non-hydrogen) atoms. The van der Waals surface area contributed by atoms with Gasteiger partial charge in [0.25, 0.3) is 10.1 Å². The second kappa shape index (κ2) is 10.0. The third kappa shape index (κ3) is 6.33. The van der Waals surface area contributed by atoms with Crippen LogP contribution in [-0.2, 0) is 27.8 Å². The van der Waals surface area contributed by atoms with Gasteiger partial charge in [0.1, 0.15) is 12.4 Å². The number of oxime groups is 1. The Balaban J connectivity index is 1.56. The molecule has 1 aliphatic carbocycles. The lowest BCUT2D eigenvalue weighted by Gasteiger charge is -2.25. The average molecular weight is 460 g/mol. The summed E-state index contributed by atoms with van der Waals surface area (Å²) in [6.07, 6.45) is 4.01. The fourth-order valence-corrected chi connectivity index (χ4v) is 4.70. The molecule has 0 aliphatic heterocycles. The Morgan fingerprint density at radius 2 is 1.88 bits per heavy atom. The number of nitrogens with zero attached hydrogens (tertiary/aromatic N) is 1. The van der Waals surface area contributed by atoms with Gasteiger partial charge in [0, 0.05) is 5.56 Å². The van der Waals surface area contributed by atoms with Gasteiger partial charge in [0.05, 0.1) is 17.2 Å². The lowest BCUT2D eigenvalue weighted by Crippen LogP contribution is -2.17. The van der Waals surface area contributed by atoms with E-state index in [1.165, 1.54) is 11.6 Å². The minimum absolute atomic E-state index is 0.000497. The summed E-state index contributed by atoms with van der Waals surface area (Å²) in [5.74, 6) is 0.851. The maximum Gasteiger partial charge on any atom is 0.294 e. The molecule has 0 fully saturated rings. The maximum absolute atomic E-state index is 11.7. The summed E-state index contributed by atoms with van der Waals surface area (Å²) >= 11 is 0. The summed E-state index contributed by atoms with van der Waals surface area (Å²) in [5, 5.41) is 4.20. The zero-order valence-electron chi connectivity index (χ0n) is 19.3. The second-order valence-electron chi connectivity index (χ2n) is 9.12. The van der Waals surface area contributed by atoms with E-state index in [1.807, 2.05) is 26.0 Å². The van der Waals surface area contributed by atoms with Gasteiger partial charge < -0.3 is 9.57 Å². The van der Waals surface area contributed by atoms with Crippen LogP contribution in [0.5, 0.6) is 5.75 Å². The van der Waals surface area contributed by atoms with Gasteiger partial charge in [-0.15, -0.1) is 0 Å². The van der Waals surface area contributed by atoms with Crippen LogP contribution < -0.4 is 4.74 Å². The van der Waals surface area contributed by atoms with E-state index in [2.05, 4.69) is 31.1 Å². The molecule has 1 N–H and O–H groups in total. The molecule has 0 amide bonds. The fraction of sp³-hybridized carbons (Fsp3) is 0.480. The largest absolute Gasteiger partial charge is 0.494 e. The van der Waals surface area contributed by atoms with E-state index in [-0.39, 0.29) is 10.3 Å². The SMILES string of the molecule is CCO/N=C1\CCc2cc(OCCC(C)(C)CCc3cc(C)ccc3S(=O)(=O)O)ccc21. The lowest BCUT2D eigenvalue weighted by molar-refractivity contribution is 0.158. The van der Waals surface area contributed by atoms with Crippen LogP contribution in [0.1, 0.15) is 62.3 Å². The lowest BCUT2D eigenvalue weighted by atomic mass is 9.83. The Morgan fingerprint density at radius 1 is 1.09 bits per heavy atom. The molecule has 0 bridgehead atoms. The van der Waals surface area contributed by atoms with Gasteiger partial charge in [0.15, 0.2) is 0 Å². The molecule has 0 atom stereocenters. The highest BCUT2D eigenvalue weighted by atomic mass is 32.2. The summed E-state index contributed by atoms with van der Waals surface area (Å²) in [6, 6.07) is 11.1. The molecule has 0 spiro atoms. The molecule has 2 aromatic carbocycles. The minimum Gasteiger partial charge on any atom is -0.494 e. The van der Waals surface area contributed by atoms with E-state index in [4.69, 9.17) is 9.57 Å². The number of rotatable bonds is 10. The van der Waals surface area contributed by atoms with Crippen LogP contribution in [0.3, 0.4) is 0 Å². The van der Waals surface area contributed by atoms with Crippen LogP contribution in [0.25, 0.3) is 0 Å². The Kier molecular flexibility index (Phi) is 7.62. The van der Waals surface area contributed by atoms with E-state index in [0.29, 0.717) is 25.2 Å². The molecule has 0 saturated carbocycles. The van der Waals surface area contributed by atoms with Crippen LogP contribution >= 0.6 is 0 Å². The van der Waals surface area contributed by atoms with Crippen molar-refractivity contribution in [2.45, 2.75) is 64.7 Å². The molecule has 0 saturated heterocycles. The number of fused-ring (bicyclic) bond motifs is 1. The number of aryl methyl sites for hydroxylation is 3. The first-order chi connectivity index (χ1) is 15.1. The van der Waals surface area contributed by atoms with Crippen molar-refractivity contribution in [3.8, 4) is 5.75 Å². The van der Waals surface area contributed by atoms with E-state index in [9.17, 15) is 13.0 Å². The van der Waals surface area contributed by atoms with Gasteiger partial charge in [-0.25, -0.2) is 0 Å². The average Bonchev–Trinajstić information content (AvgIpc) is 3.12. The molecule has 0 radical (unpaired) electrons. The van der Waals surface area contributed by atoms with Gasteiger partial charge in [-0.2, -0.15) is 8.42 Å². The van der Waals surface area contributed by atoms with Crippen LogP contribution in [0.2, 0.25) is 0 Å². The predicted molar refractivity (Wildman–Crippen MR) is 126 cm³/mol. The summed E-state index contributed by atoms with van der Waals surface area (Å²) in [4.78, 5) is 5.20. The highest BCUT2D eigenvalue weighted by molar-refractivity contribution is 7.85. The van der Waals surface area contributed by atoms with E-state index in [1.54, 1.807) is 6.07 Å². The van der Waals surface area contributed by atoms with Gasteiger partial charge in [-0.05, 0) is 86.8 Å². The van der Waals surface area contributed by atoms with Gasteiger partial charge in [0.2, 0.25) is 0 Å². The molecule has 0 heterocycles. The third-order valence-electron chi connectivity index (χ3n) is 5.94. The van der Waals surface area contributed by atoms with Crippen LogP contribution in [-0.4, -0.2) is 31.9 Å². The molecular formula is C25H33NO5S. The van der Waals surface area contributed by atoms with Crippen LogP contribution in [0, 0.1) is 12.3 Å². The van der Waals surface area contributed by atoms with E-state index in [0.717, 1.165) is 48.3 Å². The monoisotopic (exact) mass is 459 g/mol. The first-order valence-corrected chi connectivity index (χ1v) is 12.5. The normalized spacial score (nSPS) is 15.1. The first kappa shape index (κ1) is 24.3. The molecule has 2 aromatic rings. The van der Waals surface area contributed by atoms with Crippen LogP contribution in [0.15, 0.2) is 46.4 Å². The molecule has 0 aromatic heterocycles. The Morgan fingerprint density at radius 3 is 2.59 bits per heavy atom. The Hall–Kier alpha value is -2.38. The van der Waals surface area contributed by atoms with Crippen molar-refractivity contribution >= 4 is 15.8 Å². The second-order valence-corrected chi connectivity index (χ2v) is 10.5. The van der Waals surface area contributed by atoms with Crippen LogP contribution in [0.4, 0.5) is 0 Å². The van der Waals surface area contributed by atoms with Crippen molar-refractivity contribution in [3.63, 3.8) is 0 Å². The van der Waals surface area contributed by atoms with Crippen molar-refractivity contribution in [2.75, 3.05) is 13.2 Å². The van der Waals surface area contributed by atoms with Gasteiger partial charge in [-0.1, -0.05) is 36.7 Å².